The SMILES string of the molecule is OCCCCCc1ccc(CCCCO)c2ccccc12. The van der Waals surface area contributed by atoms with Crippen LogP contribution in [-0.2, 0) is 12.8 Å². The van der Waals surface area contributed by atoms with Crippen molar-refractivity contribution < 1.29 is 10.2 Å². The lowest BCUT2D eigenvalue weighted by atomic mass is 9.94. The van der Waals surface area contributed by atoms with Crippen LogP contribution in [0.4, 0.5) is 0 Å². The Morgan fingerprint density at radius 1 is 0.571 bits per heavy atom. The van der Waals surface area contributed by atoms with Crippen molar-refractivity contribution in [1.82, 2.24) is 0 Å². The van der Waals surface area contributed by atoms with Crippen LogP contribution in [0.25, 0.3) is 10.8 Å². The molecule has 2 rings (SSSR count). The zero-order valence-electron chi connectivity index (χ0n) is 12.7. The number of hydrogen-bond donors (Lipinski definition) is 2. The molecule has 0 unspecified atom stereocenters. The van der Waals surface area contributed by atoms with Gasteiger partial charge in [0.15, 0.2) is 0 Å². The summed E-state index contributed by atoms with van der Waals surface area (Å²) < 4.78 is 0. The topological polar surface area (TPSA) is 40.5 Å². The molecule has 114 valence electrons. The minimum Gasteiger partial charge on any atom is -0.396 e. The van der Waals surface area contributed by atoms with Gasteiger partial charge in [-0.1, -0.05) is 42.8 Å². The van der Waals surface area contributed by atoms with Crippen LogP contribution in [-0.4, -0.2) is 23.4 Å². The van der Waals surface area contributed by atoms with Gasteiger partial charge >= 0.3 is 0 Å². The second-order valence-corrected chi connectivity index (χ2v) is 5.64. The maximum atomic E-state index is 8.92. The molecule has 0 heterocycles. The number of unbranched alkanes of at least 4 members (excludes halogenated alkanes) is 3. The van der Waals surface area contributed by atoms with E-state index >= 15 is 0 Å². The molecule has 2 nitrogen and oxygen atoms in total. The first-order valence-corrected chi connectivity index (χ1v) is 8.08. The fraction of sp³-hybridized carbons (Fsp3) is 0.474. The summed E-state index contributed by atoms with van der Waals surface area (Å²) in [5.74, 6) is 0. The number of rotatable bonds is 9. The molecule has 0 aliphatic carbocycles. The molecule has 0 fully saturated rings. The van der Waals surface area contributed by atoms with Crippen molar-refractivity contribution in [3.05, 3.63) is 47.5 Å². The van der Waals surface area contributed by atoms with Gasteiger partial charge in [-0.25, -0.2) is 0 Å². The summed E-state index contributed by atoms with van der Waals surface area (Å²) in [5.41, 5.74) is 2.80. The van der Waals surface area contributed by atoms with Gasteiger partial charge in [0, 0.05) is 13.2 Å². The van der Waals surface area contributed by atoms with E-state index in [4.69, 9.17) is 10.2 Å². The van der Waals surface area contributed by atoms with Gasteiger partial charge < -0.3 is 10.2 Å². The molecule has 0 saturated heterocycles. The first kappa shape index (κ1) is 16.0. The van der Waals surface area contributed by atoms with Crippen molar-refractivity contribution in [1.29, 1.82) is 0 Å². The Morgan fingerprint density at radius 3 is 1.57 bits per heavy atom. The van der Waals surface area contributed by atoms with Gasteiger partial charge in [-0.05, 0) is 60.4 Å². The van der Waals surface area contributed by atoms with E-state index < -0.39 is 0 Å². The second-order valence-electron chi connectivity index (χ2n) is 5.64. The van der Waals surface area contributed by atoms with E-state index in [-0.39, 0.29) is 6.61 Å². The number of fused-ring (bicyclic) bond motifs is 1. The summed E-state index contributed by atoms with van der Waals surface area (Å²) in [7, 11) is 0. The maximum Gasteiger partial charge on any atom is 0.0431 e. The molecule has 0 spiro atoms. The van der Waals surface area contributed by atoms with Crippen LogP contribution in [0.5, 0.6) is 0 Å². The Balaban J connectivity index is 2.14. The number of aliphatic hydroxyl groups excluding tert-OH is 2. The lowest BCUT2D eigenvalue weighted by Crippen LogP contribution is -1.94. The Morgan fingerprint density at radius 2 is 1.05 bits per heavy atom. The van der Waals surface area contributed by atoms with Gasteiger partial charge in [-0.3, -0.25) is 0 Å². The van der Waals surface area contributed by atoms with E-state index in [0.29, 0.717) is 6.61 Å². The Bertz CT molecular complexity index is 548. The van der Waals surface area contributed by atoms with Gasteiger partial charge in [0.25, 0.3) is 0 Å². The molecule has 0 atom stereocenters. The van der Waals surface area contributed by atoms with Crippen LogP contribution < -0.4 is 0 Å². The van der Waals surface area contributed by atoms with E-state index in [0.717, 1.165) is 44.9 Å². The molecule has 0 radical (unpaired) electrons. The summed E-state index contributed by atoms with van der Waals surface area (Å²) in [4.78, 5) is 0. The fourth-order valence-electron chi connectivity index (χ4n) is 2.89. The monoisotopic (exact) mass is 286 g/mol. The summed E-state index contributed by atoms with van der Waals surface area (Å²) in [5, 5.41) is 20.5. The lowest BCUT2D eigenvalue weighted by Gasteiger charge is -2.11. The zero-order valence-corrected chi connectivity index (χ0v) is 12.7. The van der Waals surface area contributed by atoms with Crippen molar-refractivity contribution in [2.24, 2.45) is 0 Å². The largest absolute Gasteiger partial charge is 0.396 e. The molecule has 2 heteroatoms. The molecule has 0 bridgehead atoms. The fourth-order valence-corrected chi connectivity index (χ4v) is 2.89. The molecule has 2 aromatic rings. The molecular formula is C19H26O2. The third-order valence-electron chi connectivity index (χ3n) is 4.06. The third kappa shape index (κ3) is 4.55. The number of hydrogen-bond acceptors (Lipinski definition) is 2. The normalized spacial score (nSPS) is 11.1. The molecule has 21 heavy (non-hydrogen) atoms. The highest BCUT2D eigenvalue weighted by Gasteiger charge is 2.05. The highest BCUT2D eigenvalue weighted by atomic mass is 16.3. The van der Waals surface area contributed by atoms with Crippen LogP contribution in [0.2, 0.25) is 0 Å². The summed E-state index contributed by atoms with van der Waals surface area (Å²) in [6.45, 7) is 0.575. The highest BCUT2D eigenvalue weighted by Crippen LogP contribution is 2.25. The van der Waals surface area contributed by atoms with Crippen molar-refractivity contribution >= 4 is 10.8 Å². The van der Waals surface area contributed by atoms with E-state index in [2.05, 4.69) is 36.4 Å². The molecule has 0 aliphatic heterocycles. The van der Waals surface area contributed by atoms with Crippen molar-refractivity contribution in [3.63, 3.8) is 0 Å². The predicted octanol–water partition coefficient (Wildman–Crippen LogP) is 3.86. The average Bonchev–Trinajstić information content (AvgIpc) is 2.53. The molecule has 0 aliphatic rings. The second kappa shape index (κ2) is 8.81. The molecule has 0 amide bonds. The van der Waals surface area contributed by atoms with E-state index in [1.807, 2.05) is 0 Å². The first-order valence-electron chi connectivity index (χ1n) is 8.08. The van der Waals surface area contributed by atoms with Gasteiger partial charge in [-0.15, -0.1) is 0 Å². The summed E-state index contributed by atoms with van der Waals surface area (Å²) in [6, 6.07) is 13.1. The quantitative estimate of drug-likeness (QED) is 0.687. The summed E-state index contributed by atoms with van der Waals surface area (Å²) >= 11 is 0. The van der Waals surface area contributed by atoms with Crippen LogP contribution >= 0.6 is 0 Å². The molecule has 2 N–H and O–H groups in total. The molecule has 0 saturated carbocycles. The van der Waals surface area contributed by atoms with E-state index in [9.17, 15) is 0 Å². The Labute approximate surface area is 127 Å². The van der Waals surface area contributed by atoms with Crippen molar-refractivity contribution in [2.45, 2.75) is 44.9 Å². The zero-order chi connectivity index (χ0) is 14.9. The van der Waals surface area contributed by atoms with Crippen molar-refractivity contribution in [2.75, 3.05) is 13.2 Å². The maximum absolute atomic E-state index is 8.92. The van der Waals surface area contributed by atoms with Crippen LogP contribution in [0.15, 0.2) is 36.4 Å². The van der Waals surface area contributed by atoms with E-state index in [1.54, 1.807) is 0 Å². The molecule has 2 aromatic carbocycles. The number of aliphatic hydroxyl groups is 2. The predicted molar refractivity (Wildman–Crippen MR) is 88.6 cm³/mol. The number of benzene rings is 2. The Kier molecular flexibility index (Phi) is 6.71. The van der Waals surface area contributed by atoms with Gasteiger partial charge in [0.2, 0.25) is 0 Å². The van der Waals surface area contributed by atoms with Crippen LogP contribution in [0.1, 0.15) is 43.2 Å². The van der Waals surface area contributed by atoms with Crippen molar-refractivity contribution in [3.8, 4) is 0 Å². The minimum atomic E-state index is 0.279. The lowest BCUT2D eigenvalue weighted by molar-refractivity contribution is 0.283. The first-order chi connectivity index (χ1) is 10.4. The minimum absolute atomic E-state index is 0.279. The molecular weight excluding hydrogens is 260 g/mol. The number of aryl methyl sites for hydroxylation is 2. The standard InChI is InChI=1S/C19H26O2/c20-14-6-1-2-8-16-12-13-17(9-5-7-15-21)19-11-4-3-10-18(16)19/h3-4,10-13,20-21H,1-2,5-9,14-15H2. The highest BCUT2D eigenvalue weighted by molar-refractivity contribution is 5.88. The molecule has 0 aromatic heterocycles. The smallest absolute Gasteiger partial charge is 0.0431 e. The average molecular weight is 286 g/mol. The van der Waals surface area contributed by atoms with Crippen LogP contribution in [0, 0.1) is 0 Å². The van der Waals surface area contributed by atoms with Gasteiger partial charge in [0.05, 0.1) is 0 Å². The van der Waals surface area contributed by atoms with Gasteiger partial charge in [-0.2, -0.15) is 0 Å². The third-order valence-corrected chi connectivity index (χ3v) is 4.06. The van der Waals surface area contributed by atoms with Crippen LogP contribution in [0.3, 0.4) is 0 Å². The van der Waals surface area contributed by atoms with E-state index in [1.165, 1.54) is 21.9 Å². The van der Waals surface area contributed by atoms with Gasteiger partial charge in [0.1, 0.15) is 0 Å². The Hall–Kier alpha value is -1.38. The summed E-state index contributed by atoms with van der Waals surface area (Å²) in [6.07, 6.45) is 7.14.